The van der Waals surface area contributed by atoms with Crippen molar-refractivity contribution in [2.24, 2.45) is 5.73 Å². The van der Waals surface area contributed by atoms with Crippen LogP contribution in [0.2, 0.25) is 0 Å². The number of aliphatic hydroxyl groups excluding tert-OH is 1. The van der Waals surface area contributed by atoms with E-state index in [1.165, 1.54) is 0 Å². The van der Waals surface area contributed by atoms with Gasteiger partial charge in [0.25, 0.3) is 0 Å². The van der Waals surface area contributed by atoms with E-state index in [0.29, 0.717) is 5.25 Å². The molecule has 0 aliphatic rings. The fourth-order valence-corrected chi connectivity index (χ4v) is 2.94. The van der Waals surface area contributed by atoms with Gasteiger partial charge in [0.15, 0.2) is 0 Å². The predicted molar refractivity (Wildman–Crippen MR) is 72.6 cm³/mol. The molecule has 96 valence electrons. The molecular weight excluding hydrogens is 234 g/mol. The highest BCUT2D eigenvalue weighted by molar-refractivity contribution is 8.00. The average Bonchev–Trinajstić information content (AvgIpc) is 2.28. The van der Waals surface area contributed by atoms with Crippen LogP contribution in [0.3, 0.4) is 0 Å². The Labute approximate surface area is 107 Å². The molecule has 0 aromatic heterocycles. The normalized spacial score (nSPS) is 14.4. The van der Waals surface area contributed by atoms with Gasteiger partial charge in [-0.25, -0.2) is 0 Å². The lowest BCUT2D eigenvalue weighted by Crippen LogP contribution is -2.10. The van der Waals surface area contributed by atoms with E-state index in [2.05, 4.69) is 13.0 Å². The fourth-order valence-electron chi connectivity index (χ4n) is 1.71. The maximum absolute atomic E-state index is 8.93. The SMILES string of the molecule is COc1cccc(SC(C)CCO)c1C(C)N. The first-order valence-electron chi connectivity index (χ1n) is 5.80. The van der Waals surface area contributed by atoms with Crippen LogP contribution in [0.4, 0.5) is 0 Å². The first-order chi connectivity index (χ1) is 8.10. The number of hydrogen-bond donors (Lipinski definition) is 2. The first-order valence-corrected chi connectivity index (χ1v) is 6.68. The molecule has 0 aliphatic carbocycles. The molecule has 0 amide bonds. The van der Waals surface area contributed by atoms with Gasteiger partial charge >= 0.3 is 0 Å². The van der Waals surface area contributed by atoms with Crippen LogP contribution < -0.4 is 10.5 Å². The lowest BCUT2D eigenvalue weighted by atomic mass is 10.1. The maximum Gasteiger partial charge on any atom is 0.124 e. The van der Waals surface area contributed by atoms with Gasteiger partial charge in [0.05, 0.1) is 7.11 Å². The second-order valence-corrected chi connectivity index (χ2v) is 5.58. The smallest absolute Gasteiger partial charge is 0.124 e. The largest absolute Gasteiger partial charge is 0.496 e. The molecule has 1 aromatic carbocycles. The monoisotopic (exact) mass is 255 g/mol. The second-order valence-electron chi connectivity index (χ2n) is 4.10. The fraction of sp³-hybridized carbons (Fsp3) is 0.538. The lowest BCUT2D eigenvalue weighted by Gasteiger charge is -2.18. The molecule has 4 heteroatoms. The van der Waals surface area contributed by atoms with Gasteiger partial charge in [-0.3, -0.25) is 0 Å². The van der Waals surface area contributed by atoms with Crippen LogP contribution in [-0.4, -0.2) is 24.1 Å². The summed E-state index contributed by atoms with van der Waals surface area (Å²) in [7, 11) is 1.66. The Morgan fingerprint density at radius 2 is 2.12 bits per heavy atom. The Balaban J connectivity index is 2.97. The van der Waals surface area contributed by atoms with E-state index < -0.39 is 0 Å². The zero-order valence-electron chi connectivity index (χ0n) is 10.6. The van der Waals surface area contributed by atoms with Crippen molar-refractivity contribution in [3.8, 4) is 5.75 Å². The Kier molecular flexibility index (Phi) is 5.82. The number of rotatable bonds is 6. The van der Waals surface area contributed by atoms with Crippen molar-refractivity contribution in [1.29, 1.82) is 0 Å². The van der Waals surface area contributed by atoms with Crippen molar-refractivity contribution in [2.45, 2.75) is 36.5 Å². The quantitative estimate of drug-likeness (QED) is 0.767. The lowest BCUT2D eigenvalue weighted by molar-refractivity contribution is 0.289. The van der Waals surface area contributed by atoms with Crippen molar-refractivity contribution in [2.75, 3.05) is 13.7 Å². The van der Waals surface area contributed by atoms with Crippen LogP contribution in [-0.2, 0) is 0 Å². The molecule has 3 nitrogen and oxygen atoms in total. The summed E-state index contributed by atoms with van der Waals surface area (Å²) in [6.07, 6.45) is 0.778. The molecule has 2 unspecified atom stereocenters. The molecule has 0 saturated carbocycles. The van der Waals surface area contributed by atoms with E-state index in [1.54, 1.807) is 18.9 Å². The summed E-state index contributed by atoms with van der Waals surface area (Å²) in [5.74, 6) is 0.834. The number of thioether (sulfide) groups is 1. The Hall–Kier alpha value is -0.710. The molecule has 2 atom stereocenters. The molecule has 1 aromatic rings. The van der Waals surface area contributed by atoms with Gasteiger partial charge in [-0.1, -0.05) is 13.0 Å². The van der Waals surface area contributed by atoms with Crippen LogP contribution in [0.25, 0.3) is 0 Å². The number of methoxy groups -OCH3 is 1. The van der Waals surface area contributed by atoms with E-state index in [-0.39, 0.29) is 12.6 Å². The minimum atomic E-state index is -0.0602. The summed E-state index contributed by atoms with van der Waals surface area (Å²) in [6, 6.07) is 5.90. The molecule has 0 fully saturated rings. The van der Waals surface area contributed by atoms with E-state index in [4.69, 9.17) is 15.6 Å². The molecule has 1 rings (SSSR count). The number of nitrogens with two attached hydrogens (primary N) is 1. The van der Waals surface area contributed by atoms with Gasteiger partial charge in [-0.05, 0) is 25.5 Å². The highest BCUT2D eigenvalue weighted by atomic mass is 32.2. The highest BCUT2D eigenvalue weighted by Crippen LogP contribution is 2.36. The predicted octanol–water partition coefficient (Wildman–Crippen LogP) is 2.58. The van der Waals surface area contributed by atoms with Crippen LogP contribution >= 0.6 is 11.8 Å². The Morgan fingerprint density at radius 1 is 1.41 bits per heavy atom. The number of aliphatic hydroxyl groups is 1. The number of ether oxygens (including phenoxy) is 1. The Morgan fingerprint density at radius 3 is 2.65 bits per heavy atom. The van der Waals surface area contributed by atoms with Gasteiger partial charge in [0.1, 0.15) is 5.75 Å². The third kappa shape index (κ3) is 3.91. The molecule has 0 radical (unpaired) electrons. The minimum absolute atomic E-state index is 0.0602. The van der Waals surface area contributed by atoms with Crippen molar-refractivity contribution < 1.29 is 9.84 Å². The molecule has 17 heavy (non-hydrogen) atoms. The van der Waals surface area contributed by atoms with Crippen molar-refractivity contribution in [3.63, 3.8) is 0 Å². The molecule has 0 heterocycles. The second kappa shape index (κ2) is 6.89. The maximum atomic E-state index is 8.93. The molecular formula is C13H21NO2S. The zero-order valence-corrected chi connectivity index (χ0v) is 11.5. The van der Waals surface area contributed by atoms with Crippen molar-refractivity contribution in [3.05, 3.63) is 23.8 Å². The molecule has 0 spiro atoms. The van der Waals surface area contributed by atoms with Crippen molar-refractivity contribution >= 4 is 11.8 Å². The van der Waals surface area contributed by atoms with Crippen LogP contribution in [0.15, 0.2) is 23.1 Å². The van der Waals surface area contributed by atoms with Gasteiger partial charge in [0, 0.05) is 28.4 Å². The van der Waals surface area contributed by atoms with E-state index >= 15 is 0 Å². The summed E-state index contributed by atoms with van der Waals surface area (Å²) < 4.78 is 5.35. The highest BCUT2D eigenvalue weighted by Gasteiger charge is 2.15. The average molecular weight is 255 g/mol. The summed E-state index contributed by atoms with van der Waals surface area (Å²) in [5, 5.41) is 9.30. The molecule has 0 saturated heterocycles. The van der Waals surface area contributed by atoms with Gasteiger partial charge in [-0.15, -0.1) is 11.8 Å². The standard InChI is InChI=1S/C13H21NO2S/c1-9(7-8-15)17-12-6-4-5-11(16-3)13(12)10(2)14/h4-6,9-10,15H,7-8,14H2,1-3H3. The third-order valence-corrected chi connectivity index (χ3v) is 3.81. The number of benzene rings is 1. The van der Waals surface area contributed by atoms with Crippen LogP contribution in [0, 0.1) is 0 Å². The van der Waals surface area contributed by atoms with E-state index in [1.807, 2.05) is 19.1 Å². The van der Waals surface area contributed by atoms with Gasteiger partial charge in [0.2, 0.25) is 0 Å². The van der Waals surface area contributed by atoms with Gasteiger partial charge < -0.3 is 15.6 Å². The number of hydrogen-bond acceptors (Lipinski definition) is 4. The van der Waals surface area contributed by atoms with Crippen LogP contribution in [0.1, 0.15) is 31.9 Å². The van der Waals surface area contributed by atoms with E-state index in [9.17, 15) is 0 Å². The zero-order chi connectivity index (χ0) is 12.8. The third-order valence-electron chi connectivity index (χ3n) is 2.57. The first kappa shape index (κ1) is 14.4. The van der Waals surface area contributed by atoms with Gasteiger partial charge in [-0.2, -0.15) is 0 Å². The Bertz CT molecular complexity index is 355. The van der Waals surface area contributed by atoms with Crippen molar-refractivity contribution in [1.82, 2.24) is 0 Å². The topological polar surface area (TPSA) is 55.5 Å². The molecule has 3 N–H and O–H groups in total. The van der Waals surface area contributed by atoms with Crippen LogP contribution in [0.5, 0.6) is 5.75 Å². The molecule has 0 bridgehead atoms. The van der Waals surface area contributed by atoms with E-state index in [0.717, 1.165) is 22.6 Å². The summed E-state index contributed by atoms with van der Waals surface area (Å²) in [5.41, 5.74) is 7.04. The summed E-state index contributed by atoms with van der Waals surface area (Å²) in [4.78, 5) is 1.14. The minimum Gasteiger partial charge on any atom is -0.496 e. The summed E-state index contributed by atoms with van der Waals surface area (Å²) >= 11 is 1.73. The molecule has 0 aliphatic heterocycles. The summed E-state index contributed by atoms with van der Waals surface area (Å²) in [6.45, 7) is 4.27.